The van der Waals surface area contributed by atoms with Gasteiger partial charge in [-0.25, -0.2) is 10.4 Å². The maximum absolute atomic E-state index is 13.5. The van der Waals surface area contributed by atoms with Crippen molar-refractivity contribution < 1.29 is 9.53 Å². The molecule has 0 atom stereocenters. The predicted octanol–water partition coefficient (Wildman–Crippen LogP) is 6.33. The Hall–Kier alpha value is -4.95. The Balaban J connectivity index is 1.26. The van der Waals surface area contributed by atoms with Crippen molar-refractivity contribution >= 4 is 56.3 Å². The molecule has 0 bridgehead atoms. The van der Waals surface area contributed by atoms with E-state index < -0.39 is 0 Å². The maximum atomic E-state index is 13.5. The Morgan fingerprint density at radius 3 is 2.22 bits per heavy atom. The van der Waals surface area contributed by atoms with Crippen molar-refractivity contribution in [2.24, 2.45) is 5.10 Å². The summed E-state index contributed by atoms with van der Waals surface area (Å²) in [6.45, 7) is 2.46. The molecular formula is C33H26N4O3S. The Morgan fingerprint density at radius 1 is 0.902 bits per heavy atom. The molecule has 0 saturated heterocycles. The molecule has 0 radical (unpaired) electrons. The number of ether oxygens (including phenoxy) is 1. The minimum Gasteiger partial charge on any atom is -0.494 e. The van der Waals surface area contributed by atoms with Crippen LogP contribution in [0.4, 0.5) is 0 Å². The summed E-state index contributed by atoms with van der Waals surface area (Å²) in [6, 6.07) is 32.8. The third-order valence-electron chi connectivity index (χ3n) is 6.68. The lowest BCUT2D eigenvalue weighted by atomic mass is 9.97. The molecular weight excluding hydrogens is 532 g/mol. The Kier molecular flexibility index (Phi) is 7.47. The van der Waals surface area contributed by atoms with E-state index in [9.17, 15) is 9.59 Å². The summed E-state index contributed by atoms with van der Waals surface area (Å²) in [5.74, 6) is 0.426. The summed E-state index contributed by atoms with van der Waals surface area (Å²) in [6.07, 6.45) is 1.69. The van der Waals surface area contributed by atoms with Gasteiger partial charge >= 0.3 is 0 Å². The number of hydrazone groups is 1. The molecule has 202 valence electrons. The fraction of sp³-hybridized carbons (Fsp3) is 0.0909. The van der Waals surface area contributed by atoms with Crippen LogP contribution in [0.25, 0.3) is 38.1 Å². The number of thioether (sulfide) groups is 1. The van der Waals surface area contributed by atoms with E-state index >= 15 is 0 Å². The van der Waals surface area contributed by atoms with Crippen LogP contribution in [0.5, 0.6) is 5.75 Å². The van der Waals surface area contributed by atoms with E-state index in [0.717, 1.165) is 27.1 Å². The maximum Gasteiger partial charge on any atom is 0.266 e. The first-order valence-electron chi connectivity index (χ1n) is 13.2. The van der Waals surface area contributed by atoms with Crippen molar-refractivity contribution in [2.75, 3.05) is 12.4 Å². The minimum absolute atomic E-state index is 0.0232. The van der Waals surface area contributed by atoms with E-state index in [4.69, 9.17) is 9.72 Å². The van der Waals surface area contributed by atoms with Crippen LogP contribution in [0, 0.1) is 0 Å². The van der Waals surface area contributed by atoms with Crippen LogP contribution in [-0.2, 0) is 4.79 Å². The molecule has 0 aliphatic heterocycles. The van der Waals surface area contributed by atoms with E-state index in [-0.39, 0.29) is 17.2 Å². The van der Waals surface area contributed by atoms with Crippen molar-refractivity contribution in [3.8, 4) is 11.4 Å². The third kappa shape index (κ3) is 5.42. The van der Waals surface area contributed by atoms with Gasteiger partial charge in [0, 0.05) is 5.56 Å². The van der Waals surface area contributed by atoms with Crippen molar-refractivity contribution in [3.63, 3.8) is 0 Å². The number of hydrogen-bond acceptors (Lipinski definition) is 6. The highest BCUT2D eigenvalue weighted by atomic mass is 32.2. The van der Waals surface area contributed by atoms with Gasteiger partial charge in [-0.3, -0.25) is 14.2 Å². The third-order valence-corrected chi connectivity index (χ3v) is 7.62. The standard InChI is InChI=1S/C33H26N4O3S/c1-2-40-25-17-15-24(16-18-25)37-32(39)28-13-7-8-14-30(28)35-33(37)41-21-31(38)36-34-20-29-26-11-5-3-9-22(26)19-23-10-4-6-12-27(23)29/h3-20H,2,21H2,1H3,(H,36,38). The topological polar surface area (TPSA) is 85.6 Å². The smallest absolute Gasteiger partial charge is 0.266 e. The average molecular weight is 559 g/mol. The number of carbonyl (C=O) groups is 1. The fourth-order valence-corrected chi connectivity index (χ4v) is 5.62. The molecule has 0 saturated carbocycles. The number of benzene rings is 5. The van der Waals surface area contributed by atoms with Crippen molar-refractivity contribution in [1.82, 2.24) is 15.0 Å². The normalized spacial score (nSPS) is 11.4. The minimum atomic E-state index is -0.309. The first-order valence-corrected chi connectivity index (χ1v) is 14.2. The Labute approximate surface area is 240 Å². The number of amides is 1. The quantitative estimate of drug-likeness (QED) is 0.0776. The van der Waals surface area contributed by atoms with E-state index in [2.05, 4.69) is 28.7 Å². The molecule has 1 N–H and O–H groups in total. The van der Waals surface area contributed by atoms with Gasteiger partial charge in [-0.1, -0.05) is 72.4 Å². The highest BCUT2D eigenvalue weighted by molar-refractivity contribution is 7.99. The van der Waals surface area contributed by atoms with Crippen LogP contribution in [0.1, 0.15) is 12.5 Å². The molecule has 6 aromatic rings. The van der Waals surface area contributed by atoms with Gasteiger partial charge in [0.1, 0.15) is 5.75 Å². The second-order valence-corrected chi connectivity index (χ2v) is 10.2. The molecule has 0 spiro atoms. The molecule has 7 nitrogen and oxygen atoms in total. The molecule has 5 aromatic carbocycles. The largest absolute Gasteiger partial charge is 0.494 e. The van der Waals surface area contributed by atoms with Gasteiger partial charge < -0.3 is 4.74 Å². The SMILES string of the molecule is CCOc1ccc(-n2c(SCC(=O)NN=Cc3c4ccccc4cc4ccccc34)nc3ccccc3c2=O)cc1. The summed E-state index contributed by atoms with van der Waals surface area (Å²) in [5.41, 5.74) is 4.59. The predicted molar refractivity (Wildman–Crippen MR) is 166 cm³/mol. The number of fused-ring (bicyclic) bond motifs is 3. The number of para-hydroxylation sites is 1. The summed E-state index contributed by atoms with van der Waals surface area (Å²) < 4.78 is 7.08. The molecule has 6 rings (SSSR count). The number of rotatable bonds is 8. The first kappa shape index (κ1) is 26.3. The number of hydrogen-bond donors (Lipinski definition) is 1. The molecule has 41 heavy (non-hydrogen) atoms. The van der Waals surface area contributed by atoms with Crippen molar-refractivity contribution in [1.29, 1.82) is 0 Å². The van der Waals surface area contributed by atoms with Crippen LogP contribution < -0.4 is 15.7 Å². The number of aromatic nitrogens is 2. The number of nitrogens with one attached hydrogen (secondary N) is 1. The lowest BCUT2D eigenvalue weighted by molar-refractivity contribution is -0.118. The van der Waals surface area contributed by atoms with Crippen molar-refractivity contribution in [3.05, 3.63) is 119 Å². The van der Waals surface area contributed by atoms with Crippen molar-refractivity contribution in [2.45, 2.75) is 12.1 Å². The van der Waals surface area contributed by atoms with Gasteiger partial charge in [0.25, 0.3) is 11.5 Å². The summed E-state index contributed by atoms with van der Waals surface area (Å²) in [7, 11) is 0. The molecule has 1 aromatic heterocycles. The van der Waals surface area contributed by atoms with Gasteiger partial charge in [-0.2, -0.15) is 5.10 Å². The monoisotopic (exact) mass is 558 g/mol. The second-order valence-electron chi connectivity index (χ2n) is 9.29. The first-order chi connectivity index (χ1) is 20.1. The Bertz CT molecular complexity index is 1930. The number of carbonyl (C=O) groups excluding carboxylic acids is 1. The highest BCUT2D eigenvalue weighted by Gasteiger charge is 2.15. The zero-order valence-electron chi connectivity index (χ0n) is 22.3. The van der Waals surface area contributed by atoms with Gasteiger partial charge in [0.2, 0.25) is 0 Å². The second kappa shape index (κ2) is 11.7. The summed E-state index contributed by atoms with van der Waals surface area (Å²) in [5, 5.41) is 9.51. The van der Waals surface area contributed by atoms with E-state index in [1.54, 1.807) is 18.3 Å². The summed E-state index contributed by atoms with van der Waals surface area (Å²) >= 11 is 1.18. The fourth-order valence-electron chi connectivity index (χ4n) is 4.81. The highest BCUT2D eigenvalue weighted by Crippen LogP contribution is 2.27. The van der Waals surface area contributed by atoms with Crippen LogP contribution in [0.15, 0.2) is 118 Å². The Morgan fingerprint density at radius 2 is 1.54 bits per heavy atom. The average Bonchev–Trinajstić information content (AvgIpc) is 3.00. The molecule has 0 aliphatic carbocycles. The molecule has 0 fully saturated rings. The summed E-state index contributed by atoms with van der Waals surface area (Å²) in [4.78, 5) is 31.1. The zero-order chi connectivity index (χ0) is 28.2. The van der Waals surface area contributed by atoms with E-state index in [0.29, 0.717) is 34.1 Å². The molecule has 1 heterocycles. The molecule has 0 aliphatic rings. The van der Waals surface area contributed by atoms with Gasteiger partial charge in [-0.15, -0.1) is 0 Å². The van der Waals surface area contributed by atoms with Crippen LogP contribution in [0.2, 0.25) is 0 Å². The molecule has 0 unspecified atom stereocenters. The van der Waals surface area contributed by atoms with E-state index in [1.165, 1.54) is 16.3 Å². The van der Waals surface area contributed by atoms with Crippen LogP contribution in [-0.4, -0.2) is 34.0 Å². The molecule has 8 heteroatoms. The van der Waals surface area contributed by atoms with Crippen LogP contribution in [0.3, 0.4) is 0 Å². The van der Waals surface area contributed by atoms with Gasteiger partial charge in [0.15, 0.2) is 5.16 Å². The van der Waals surface area contributed by atoms with Crippen LogP contribution >= 0.6 is 11.8 Å². The van der Waals surface area contributed by atoms with Gasteiger partial charge in [0.05, 0.1) is 35.2 Å². The van der Waals surface area contributed by atoms with Gasteiger partial charge in [-0.05, 0) is 70.9 Å². The molecule has 1 amide bonds. The lowest BCUT2D eigenvalue weighted by Gasteiger charge is -2.13. The lowest BCUT2D eigenvalue weighted by Crippen LogP contribution is -2.24. The number of nitrogens with zero attached hydrogens (tertiary/aromatic N) is 3. The zero-order valence-corrected chi connectivity index (χ0v) is 23.1. The van der Waals surface area contributed by atoms with E-state index in [1.807, 2.05) is 79.7 Å².